The van der Waals surface area contributed by atoms with E-state index in [1.165, 1.54) is 0 Å². The number of ether oxygens (including phenoxy) is 3. The van der Waals surface area contributed by atoms with Gasteiger partial charge >= 0.3 is 0 Å². The van der Waals surface area contributed by atoms with E-state index in [4.69, 9.17) is 14.2 Å². The summed E-state index contributed by atoms with van der Waals surface area (Å²) in [5.41, 5.74) is 1.98. The fourth-order valence-corrected chi connectivity index (χ4v) is 2.94. The fourth-order valence-electron chi connectivity index (χ4n) is 2.94. The van der Waals surface area contributed by atoms with E-state index in [2.05, 4.69) is 0 Å². The number of rotatable bonds is 6. The van der Waals surface area contributed by atoms with Crippen molar-refractivity contribution in [3.63, 3.8) is 0 Å². The number of aliphatic hydroxyl groups is 4. The summed E-state index contributed by atoms with van der Waals surface area (Å²) in [6, 6.07) is 14.9. The Labute approximate surface area is 157 Å². The third-order valence-corrected chi connectivity index (χ3v) is 4.45. The van der Waals surface area contributed by atoms with Gasteiger partial charge in [-0.25, -0.2) is 0 Å². The summed E-state index contributed by atoms with van der Waals surface area (Å²) in [6.07, 6.45) is -6.52. The Kier molecular flexibility index (Phi) is 6.30. The first-order valence-corrected chi connectivity index (χ1v) is 8.84. The maximum absolute atomic E-state index is 10.0. The molecule has 0 spiro atoms. The molecule has 1 aliphatic heterocycles. The number of hydrogen-bond acceptors (Lipinski definition) is 7. The summed E-state index contributed by atoms with van der Waals surface area (Å²) in [6.45, 7) is 2.05. The van der Waals surface area contributed by atoms with E-state index in [1.54, 1.807) is 12.1 Å². The molecule has 0 amide bonds. The normalized spacial score (nSPS) is 28.0. The fraction of sp³-hybridized carbons (Fsp3) is 0.400. The average molecular weight is 376 g/mol. The molecule has 0 unspecified atom stereocenters. The summed E-state index contributed by atoms with van der Waals surface area (Å²) < 4.78 is 16.4. The van der Waals surface area contributed by atoms with Gasteiger partial charge in [-0.1, -0.05) is 24.3 Å². The Morgan fingerprint density at radius 2 is 1.37 bits per heavy atom. The first kappa shape index (κ1) is 19.6. The van der Waals surface area contributed by atoms with Crippen molar-refractivity contribution in [3.05, 3.63) is 48.5 Å². The van der Waals surface area contributed by atoms with Gasteiger partial charge in [0.15, 0.2) is 0 Å². The third kappa shape index (κ3) is 4.40. The van der Waals surface area contributed by atoms with E-state index in [1.807, 2.05) is 43.3 Å². The quantitative estimate of drug-likeness (QED) is 0.594. The van der Waals surface area contributed by atoms with Crippen LogP contribution in [0.25, 0.3) is 11.1 Å². The highest BCUT2D eigenvalue weighted by molar-refractivity contribution is 5.64. The van der Waals surface area contributed by atoms with Gasteiger partial charge in [0.05, 0.1) is 13.2 Å². The highest BCUT2D eigenvalue weighted by atomic mass is 16.7. The van der Waals surface area contributed by atoms with E-state index in [0.717, 1.165) is 16.9 Å². The molecule has 1 saturated heterocycles. The monoisotopic (exact) mass is 376 g/mol. The van der Waals surface area contributed by atoms with Crippen molar-refractivity contribution in [1.29, 1.82) is 0 Å². The van der Waals surface area contributed by atoms with E-state index < -0.39 is 37.3 Å². The minimum atomic E-state index is -1.47. The standard InChI is InChI=1S/C20H24O7/c1-2-25-14-7-3-12(4-8-14)13-5-9-15(10-6-13)26-20-19(24)18(23)17(22)16(11-21)27-20/h3-10,16-24H,2,11H2,1H3/t16-,17-,18+,19-,20-/m1/s1. The first-order chi connectivity index (χ1) is 13.0. The molecule has 7 heteroatoms. The molecule has 27 heavy (non-hydrogen) atoms. The van der Waals surface area contributed by atoms with Crippen LogP contribution in [0.15, 0.2) is 48.5 Å². The van der Waals surface area contributed by atoms with E-state index in [9.17, 15) is 20.4 Å². The van der Waals surface area contributed by atoms with Crippen LogP contribution in [0, 0.1) is 0 Å². The van der Waals surface area contributed by atoms with Crippen molar-refractivity contribution >= 4 is 0 Å². The van der Waals surface area contributed by atoms with Crippen molar-refractivity contribution in [2.75, 3.05) is 13.2 Å². The van der Waals surface area contributed by atoms with Crippen molar-refractivity contribution in [1.82, 2.24) is 0 Å². The molecular formula is C20H24O7. The number of hydrogen-bond donors (Lipinski definition) is 4. The third-order valence-electron chi connectivity index (χ3n) is 4.45. The zero-order valence-electron chi connectivity index (χ0n) is 14.9. The smallest absolute Gasteiger partial charge is 0.229 e. The van der Waals surface area contributed by atoms with Crippen molar-refractivity contribution in [2.24, 2.45) is 0 Å². The lowest BCUT2D eigenvalue weighted by molar-refractivity contribution is -0.277. The second-order valence-corrected chi connectivity index (χ2v) is 6.30. The Morgan fingerprint density at radius 1 is 0.815 bits per heavy atom. The van der Waals surface area contributed by atoms with Gasteiger partial charge in [0.1, 0.15) is 35.9 Å². The van der Waals surface area contributed by atoms with Crippen LogP contribution in [0.2, 0.25) is 0 Å². The largest absolute Gasteiger partial charge is 0.494 e. The van der Waals surface area contributed by atoms with E-state index >= 15 is 0 Å². The molecule has 5 atom stereocenters. The first-order valence-electron chi connectivity index (χ1n) is 8.84. The SMILES string of the molecule is CCOc1ccc(-c2ccc(O[C@@H]3O[C@H](CO)[C@@H](O)[C@H](O)[C@H]3O)cc2)cc1. The summed E-state index contributed by atoms with van der Waals surface area (Å²) in [5.74, 6) is 1.23. The van der Waals surface area contributed by atoms with E-state index in [0.29, 0.717) is 12.4 Å². The van der Waals surface area contributed by atoms with Crippen molar-refractivity contribution < 1.29 is 34.6 Å². The van der Waals surface area contributed by atoms with Gasteiger partial charge in [0, 0.05) is 0 Å². The highest BCUT2D eigenvalue weighted by Gasteiger charge is 2.44. The second kappa shape index (κ2) is 8.69. The molecule has 0 radical (unpaired) electrons. The predicted molar refractivity (Wildman–Crippen MR) is 97.4 cm³/mol. The molecule has 0 aliphatic carbocycles. The lowest BCUT2D eigenvalue weighted by Gasteiger charge is -2.39. The molecule has 0 bridgehead atoms. The van der Waals surface area contributed by atoms with Crippen molar-refractivity contribution in [3.8, 4) is 22.6 Å². The summed E-state index contributed by atoms with van der Waals surface area (Å²) >= 11 is 0. The van der Waals surface area contributed by atoms with Crippen LogP contribution in [0.4, 0.5) is 0 Å². The molecule has 2 aromatic carbocycles. The number of benzene rings is 2. The van der Waals surface area contributed by atoms with Gasteiger partial charge in [-0.2, -0.15) is 0 Å². The van der Waals surface area contributed by atoms with Crippen LogP contribution in [0.1, 0.15) is 6.92 Å². The van der Waals surface area contributed by atoms with Gasteiger partial charge in [-0.3, -0.25) is 0 Å². The molecule has 1 aliphatic rings. The zero-order valence-corrected chi connectivity index (χ0v) is 14.9. The van der Waals surface area contributed by atoms with Crippen LogP contribution in [-0.2, 0) is 4.74 Å². The van der Waals surface area contributed by atoms with E-state index in [-0.39, 0.29) is 0 Å². The Hall–Kier alpha value is -2.16. The molecule has 1 heterocycles. The molecule has 1 fully saturated rings. The van der Waals surface area contributed by atoms with Gasteiger partial charge in [-0.15, -0.1) is 0 Å². The van der Waals surface area contributed by atoms with Crippen LogP contribution >= 0.6 is 0 Å². The molecule has 3 rings (SSSR count). The van der Waals surface area contributed by atoms with Crippen LogP contribution < -0.4 is 9.47 Å². The van der Waals surface area contributed by atoms with Gasteiger partial charge in [0.2, 0.25) is 6.29 Å². The molecular weight excluding hydrogens is 352 g/mol. The Morgan fingerprint density at radius 3 is 1.89 bits per heavy atom. The lowest BCUT2D eigenvalue weighted by Crippen LogP contribution is -2.60. The summed E-state index contributed by atoms with van der Waals surface area (Å²) in [4.78, 5) is 0. The zero-order chi connectivity index (χ0) is 19.4. The summed E-state index contributed by atoms with van der Waals surface area (Å²) in [5, 5.41) is 38.9. The summed E-state index contributed by atoms with van der Waals surface area (Å²) in [7, 11) is 0. The molecule has 2 aromatic rings. The van der Waals surface area contributed by atoms with Crippen LogP contribution in [0.3, 0.4) is 0 Å². The number of aliphatic hydroxyl groups excluding tert-OH is 4. The van der Waals surface area contributed by atoms with Gasteiger partial charge in [-0.05, 0) is 42.3 Å². The Bertz CT molecular complexity index is 714. The molecule has 4 N–H and O–H groups in total. The lowest BCUT2D eigenvalue weighted by atomic mass is 9.99. The molecule has 7 nitrogen and oxygen atoms in total. The van der Waals surface area contributed by atoms with Crippen LogP contribution in [-0.4, -0.2) is 64.3 Å². The maximum atomic E-state index is 10.0. The predicted octanol–water partition coefficient (Wildman–Crippen LogP) is 0.931. The Balaban J connectivity index is 1.68. The second-order valence-electron chi connectivity index (χ2n) is 6.30. The van der Waals surface area contributed by atoms with Gasteiger partial charge in [0.25, 0.3) is 0 Å². The van der Waals surface area contributed by atoms with Crippen molar-refractivity contribution in [2.45, 2.75) is 37.6 Å². The van der Waals surface area contributed by atoms with Gasteiger partial charge < -0.3 is 34.6 Å². The maximum Gasteiger partial charge on any atom is 0.229 e. The molecule has 146 valence electrons. The minimum Gasteiger partial charge on any atom is -0.494 e. The van der Waals surface area contributed by atoms with Crippen LogP contribution in [0.5, 0.6) is 11.5 Å². The topological polar surface area (TPSA) is 109 Å². The highest BCUT2D eigenvalue weighted by Crippen LogP contribution is 2.27. The average Bonchev–Trinajstić information content (AvgIpc) is 2.70. The molecule has 0 saturated carbocycles. The molecule has 0 aromatic heterocycles. The minimum absolute atomic E-state index is 0.425.